The van der Waals surface area contributed by atoms with Crippen LogP contribution in [0.3, 0.4) is 0 Å². The van der Waals surface area contributed by atoms with Crippen molar-refractivity contribution in [1.82, 2.24) is 10.3 Å². The molecule has 1 atom stereocenters. The minimum atomic E-state index is -0.349. The van der Waals surface area contributed by atoms with Crippen molar-refractivity contribution >= 4 is 5.91 Å². The molecule has 0 saturated carbocycles. The summed E-state index contributed by atoms with van der Waals surface area (Å²) in [6.45, 7) is -0.108. The number of pyridine rings is 1. The highest BCUT2D eigenvalue weighted by atomic mass is 16.3. The number of hydrogen-bond donors (Lipinski definition) is 2. The molecule has 0 spiro atoms. The molecule has 1 aromatic heterocycles. The summed E-state index contributed by atoms with van der Waals surface area (Å²) in [6, 6.07) is 12.9. The molecule has 2 rings (SSSR count). The van der Waals surface area contributed by atoms with Crippen molar-refractivity contribution in [2.75, 3.05) is 6.61 Å². The van der Waals surface area contributed by atoms with Crippen LogP contribution in [0.4, 0.5) is 0 Å². The fraction of sp³-hybridized carbons (Fsp3) is 0.250. The number of amides is 1. The first-order valence-corrected chi connectivity index (χ1v) is 6.63. The van der Waals surface area contributed by atoms with E-state index in [1.165, 1.54) is 0 Å². The van der Waals surface area contributed by atoms with E-state index in [4.69, 9.17) is 0 Å². The van der Waals surface area contributed by atoms with E-state index in [1.54, 1.807) is 12.4 Å². The van der Waals surface area contributed by atoms with E-state index < -0.39 is 0 Å². The van der Waals surface area contributed by atoms with Crippen molar-refractivity contribution in [2.45, 2.75) is 18.9 Å². The van der Waals surface area contributed by atoms with Crippen LogP contribution in [0.5, 0.6) is 0 Å². The number of benzene rings is 1. The molecule has 104 valence electrons. The van der Waals surface area contributed by atoms with Crippen molar-refractivity contribution in [3.8, 4) is 0 Å². The maximum Gasteiger partial charge on any atom is 0.220 e. The third-order valence-corrected chi connectivity index (χ3v) is 3.08. The Kier molecular flexibility index (Phi) is 5.26. The van der Waals surface area contributed by atoms with Gasteiger partial charge in [0, 0.05) is 18.8 Å². The van der Waals surface area contributed by atoms with E-state index in [9.17, 15) is 9.90 Å². The number of aromatic nitrogens is 1. The van der Waals surface area contributed by atoms with E-state index in [0.717, 1.165) is 11.1 Å². The molecule has 20 heavy (non-hydrogen) atoms. The molecule has 0 aliphatic carbocycles. The molecule has 4 nitrogen and oxygen atoms in total. The molecular formula is C16H18N2O2. The van der Waals surface area contributed by atoms with Crippen LogP contribution in [0.2, 0.25) is 0 Å². The molecule has 0 aliphatic rings. The average Bonchev–Trinajstić information content (AvgIpc) is 2.52. The van der Waals surface area contributed by atoms with Gasteiger partial charge in [0.25, 0.3) is 0 Å². The Morgan fingerprint density at radius 2 is 2.00 bits per heavy atom. The van der Waals surface area contributed by atoms with E-state index in [0.29, 0.717) is 12.8 Å². The van der Waals surface area contributed by atoms with Gasteiger partial charge in [0.15, 0.2) is 0 Å². The molecule has 1 heterocycles. The number of aryl methyl sites for hydroxylation is 1. The fourth-order valence-electron chi connectivity index (χ4n) is 1.99. The number of carbonyl (C=O) groups excluding carboxylic acids is 1. The first-order chi connectivity index (χ1) is 9.79. The number of aliphatic hydroxyl groups is 1. The maximum atomic E-state index is 11.9. The number of carbonyl (C=O) groups is 1. The zero-order valence-electron chi connectivity index (χ0n) is 11.2. The van der Waals surface area contributed by atoms with Gasteiger partial charge in [-0.05, 0) is 23.6 Å². The van der Waals surface area contributed by atoms with Gasteiger partial charge in [0.1, 0.15) is 0 Å². The lowest BCUT2D eigenvalue weighted by atomic mass is 10.1. The lowest BCUT2D eigenvalue weighted by molar-refractivity contribution is -0.122. The number of nitrogens with one attached hydrogen (secondary N) is 1. The minimum Gasteiger partial charge on any atom is -0.394 e. The standard InChI is InChI=1S/C16H18N2O2/c19-12-15(14-6-2-1-3-7-14)18-16(20)9-8-13-5-4-10-17-11-13/h1-7,10-11,15,19H,8-9,12H2,(H,18,20)/t15-/m0/s1. The first kappa shape index (κ1) is 14.2. The van der Waals surface area contributed by atoms with Crippen molar-refractivity contribution in [3.05, 3.63) is 66.0 Å². The summed E-state index contributed by atoms with van der Waals surface area (Å²) in [5, 5.41) is 12.2. The highest BCUT2D eigenvalue weighted by molar-refractivity contribution is 5.76. The number of rotatable bonds is 6. The SMILES string of the molecule is O=C(CCc1cccnc1)N[C@@H](CO)c1ccccc1. The van der Waals surface area contributed by atoms with Crippen LogP contribution in [-0.4, -0.2) is 22.6 Å². The summed E-state index contributed by atoms with van der Waals surface area (Å²) >= 11 is 0. The summed E-state index contributed by atoms with van der Waals surface area (Å²) in [5.41, 5.74) is 1.94. The van der Waals surface area contributed by atoms with E-state index >= 15 is 0 Å². The fourth-order valence-corrected chi connectivity index (χ4v) is 1.99. The van der Waals surface area contributed by atoms with Crippen LogP contribution < -0.4 is 5.32 Å². The number of nitrogens with zero attached hydrogens (tertiary/aromatic N) is 1. The van der Waals surface area contributed by atoms with Gasteiger partial charge in [0.05, 0.1) is 12.6 Å². The second-order valence-corrected chi connectivity index (χ2v) is 4.57. The largest absolute Gasteiger partial charge is 0.394 e. The normalized spacial score (nSPS) is 11.8. The van der Waals surface area contributed by atoms with E-state index in [1.807, 2.05) is 42.5 Å². The summed E-state index contributed by atoms with van der Waals surface area (Å²) in [4.78, 5) is 15.9. The average molecular weight is 270 g/mol. The molecule has 0 fully saturated rings. The molecule has 0 saturated heterocycles. The quantitative estimate of drug-likeness (QED) is 0.842. The second-order valence-electron chi connectivity index (χ2n) is 4.57. The van der Waals surface area contributed by atoms with Gasteiger partial charge in [-0.3, -0.25) is 9.78 Å². The lowest BCUT2D eigenvalue weighted by Crippen LogP contribution is -2.30. The van der Waals surface area contributed by atoms with E-state index in [-0.39, 0.29) is 18.6 Å². The van der Waals surface area contributed by atoms with Crippen LogP contribution in [0.15, 0.2) is 54.9 Å². The molecule has 1 aromatic carbocycles. The number of hydrogen-bond acceptors (Lipinski definition) is 3. The molecule has 0 bridgehead atoms. The summed E-state index contributed by atoms with van der Waals surface area (Å²) in [6.07, 6.45) is 4.50. The highest BCUT2D eigenvalue weighted by Crippen LogP contribution is 2.12. The Morgan fingerprint density at radius 1 is 1.20 bits per heavy atom. The molecule has 0 unspecified atom stereocenters. The molecule has 2 aromatic rings. The third-order valence-electron chi connectivity index (χ3n) is 3.08. The van der Waals surface area contributed by atoms with Crippen LogP contribution in [0.25, 0.3) is 0 Å². The van der Waals surface area contributed by atoms with Gasteiger partial charge >= 0.3 is 0 Å². The van der Waals surface area contributed by atoms with Crippen molar-refractivity contribution < 1.29 is 9.90 Å². The van der Waals surface area contributed by atoms with Crippen LogP contribution in [-0.2, 0) is 11.2 Å². The summed E-state index contributed by atoms with van der Waals surface area (Å²) < 4.78 is 0. The van der Waals surface area contributed by atoms with Crippen molar-refractivity contribution in [1.29, 1.82) is 0 Å². The molecule has 2 N–H and O–H groups in total. The van der Waals surface area contributed by atoms with Gasteiger partial charge in [-0.25, -0.2) is 0 Å². The topological polar surface area (TPSA) is 62.2 Å². The Hall–Kier alpha value is -2.20. The molecule has 0 radical (unpaired) electrons. The monoisotopic (exact) mass is 270 g/mol. The van der Waals surface area contributed by atoms with Gasteiger partial charge < -0.3 is 10.4 Å². The van der Waals surface area contributed by atoms with Crippen molar-refractivity contribution in [2.24, 2.45) is 0 Å². The Bertz CT molecular complexity index is 529. The second kappa shape index (κ2) is 7.40. The smallest absolute Gasteiger partial charge is 0.220 e. The molecule has 0 aliphatic heterocycles. The Labute approximate surface area is 118 Å². The first-order valence-electron chi connectivity index (χ1n) is 6.63. The zero-order valence-corrected chi connectivity index (χ0v) is 11.2. The predicted molar refractivity (Wildman–Crippen MR) is 77.0 cm³/mol. The number of aliphatic hydroxyl groups excluding tert-OH is 1. The van der Waals surface area contributed by atoms with E-state index in [2.05, 4.69) is 10.3 Å². The van der Waals surface area contributed by atoms with Crippen LogP contribution in [0.1, 0.15) is 23.6 Å². The molecule has 4 heteroatoms. The van der Waals surface area contributed by atoms with Crippen molar-refractivity contribution in [3.63, 3.8) is 0 Å². The maximum absolute atomic E-state index is 11.9. The third kappa shape index (κ3) is 4.17. The van der Waals surface area contributed by atoms with Gasteiger partial charge in [-0.1, -0.05) is 36.4 Å². The molecule has 1 amide bonds. The van der Waals surface area contributed by atoms with Gasteiger partial charge in [0.2, 0.25) is 5.91 Å². The summed E-state index contributed by atoms with van der Waals surface area (Å²) in [5.74, 6) is -0.0724. The van der Waals surface area contributed by atoms with Crippen LogP contribution >= 0.6 is 0 Å². The Balaban J connectivity index is 1.87. The predicted octanol–water partition coefficient (Wildman–Crippen LogP) is 1.86. The molecular weight excluding hydrogens is 252 g/mol. The van der Waals surface area contributed by atoms with Gasteiger partial charge in [-0.2, -0.15) is 0 Å². The lowest BCUT2D eigenvalue weighted by Gasteiger charge is -2.16. The zero-order chi connectivity index (χ0) is 14.2. The Morgan fingerprint density at radius 3 is 2.65 bits per heavy atom. The van der Waals surface area contributed by atoms with Gasteiger partial charge in [-0.15, -0.1) is 0 Å². The minimum absolute atomic E-state index is 0.0724. The summed E-state index contributed by atoms with van der Waals surface area (Å²) in [7, 11) is 0. The highest BCUT2D eigenvalue weighted by Gasteiger charge is 2.13. The van der Waals surface area contributed by atoms with Crippen LogP contribution in [0, 0.1) is 0 Å².